The highest BCUT2D eigenvalue weighted by molar-refractivity contribution is 6.67. The van der Waals surface area contributed by atoms with E-state index < -0.39 is 9.89 Å². The molecule has 0 bridgehead atoms. The van der Waals surface area contributed by atoms with Gasteiger partial charge in [-0.25, -0.2) is 4.79 Å². The minimum Gasteiger partial charge on any atom is -0.445 e. The van der Waals surface area contributed by atoms with Crippen molar-refractivity contribution in [1.29, 1.82) is 0 Å². The van der Waals surface area contributed by atoms with Crippen LogP contribution < -0.4 is 5.32 Å². The van der Waals surface area contributed by atoms with E-state index in [1.54, 1.807) is 24.3 Å². The quantitative estimate of drug-likeness (QED) is 0.520. The van der Waals surface area contributed by atoms with Gasteiger partial charge in [0.2, 0.25) is 3.79 Å². The lowest BCUT2D eigenvalue weighted by atomic mass is 10.0. The van der Waals surface area contributed by atoms with Crippen LogP contribution in [0.3, 0.4) is 0 Å². The Labute approximate surface area is 161 Å². The van der Waals surface area contributed by atoms with Crippen LogP contribution in [-0.2, 0) is 11.2 Å². The Bertz CT molecular complexity index is 730. The van der Waals surface area contributed by atoms with E-state index in [1.165, 1.54) is 0 Å². The lowest BCUT2D eigenvalue weighted by Crippen LogP contribution is -2.21. The number of alkyl halides is 3. The average molecular weight is 401 g/mol. The number of hydrogen-bond acceptors (Lipinski definition) is 3. The monoisotopic (exact) mass is 399 g/mol. The summed E-state index contributed by atoms with van der Waals surface area (Å²) in [6.07, 6.45) is 0.0775. The first-order valence-corrected chi connectivity index (χ1v) is 8.65. The van der Waals surface area contributed by atoms with Crippen LogP contribution in [0, 0.1) is 0 Å². The molecule has 7 heteroatoms. The van der Waals surface area contributed by atoms with E-state index in [-0.39, 0.29) is 12.4 Å². The molecule has 1 amide bonds. The zero-order valence-electron chi connectivity index (χ0n) is 13.2. The SMILES string of the molecule is O=C(Nc1ccccc1CCC(=O)c1ccccc1)OCC(Cl)(Cl)Cl. The lowest BCUT2D eigenvalue weighted by Gasteiger charge is -2.14. The molecule has 0 aliphatic carbocycles. The van der Waals surface area contributed by atoms with Crippen LogP contribution in [0.1, 0.15) is 22.3 Å². The maximum Gasteiger partial charge on any atom is 0.411 e. The number of benzene rings is 2. The molecule has 0 aliphatic heterocycles. The van der Waals surface area contributed by atoms with E-state index in [0.717, 1.165) is 5.56 Å². The van der Waals surface area contributed by atoms with Crippen molar-refractivity contribution < 1.29 is 14.3 Å². The number of carbonyl (C=O) groups is 2. The number of carbonyl (C=O) groups excluding carboxylic acids is 2. The molecule has 0 heterocycles. The predicted molar refractivity (Wildman–Crippen MR) is 101 cm³/mol. The maximum atomic E-state index is 12.2. The molecule has 0 spiro atoms. The summed E-state index contributed by atoms with van der Waals surface area (Å²) in [7, 11) is 0. The van der Waals surface area contributed by atoms with Gasteiger partial charge < -0.3 is 4.74 Å². The first kappa shape index (κ1) is 19.6. The van der Waals surface area contributed by atoms with E-state index in [4.69, 9.17) is 39.5 Å². The van der Waals surface area contributed by atoms with Crippen LogP contribution in [0.2, 0.25) is 0 Å². The third kappa shape index (κ3) is 6.94. The molecule has 0 saturated heterocycles. The highest BCUT2D eigenvalue weighted by atomic mass is 35.6. The van der Waals surface area contributed by atoms with Gasteiger partial charge in [0.05, 0.1) is 0 Å². The zero-order valence-corrected chi connectivity index (χ0v) is 15.4. The van der Waals surface area contributed by atoms with Crippen molar-refractivity contribution in [1.82, 2.24) is 0 Å². The van der Waals surface area contributed by atoms with Crippen LogP contribution in [0.5, 0.6) is 0 Å². The molecule has 1 N–H and O–H groups in total. The van der Waals surface area contributed by atoms with Crippen molar-refractivity contribution in [3.8, 4) is 0 Å². The van der Waals surface area contributed by atoms with Crippen molar-refractivity contribution in [3.63, 3.8) is 0 Å². The Morgan fingerprint density at radius 2 is 1.60 bits per heavy atom. The molecule has 2 rings (SSSR count). The fraction of sp³-hybridized carbons (Fsp3) is 0.222. The van der Waals surface area contributed by atoms with Gasteiger partial charge in [0.15, 0.2) is 5.78 Å². The Balaban J connectivity index is 1.96. The molecule has 25 heavy (non-hydrogen) atoms. The second-order valence-electron chi connectivity index (χ2n) is 5.26. The highest BCUT2D eigenvalue weighted by Crippen LogP contribution is 2.26. The molecule has 2 aromatic rings. The van der Waals surface area contributed by atoms with Crippen LogP contribution in [0.25, 0.3) is 0 Å². The third-order valence-corrected chi connectivity index (χ3v) is 3.67. The normalized spacial score (nSPS) is 11.0. The molecular formula is C18H16Cl3NO3. The number of para-hydroxylation sites is 1. The number of ether oxygens (including phenoxy) is 1. The minimum atomic E-state index is -1.67. The van der Waals surface area contributed by atoms with Crippen LogP contribution >= 0.6 is 34.8 Å². The van der Waals surface area contributed by atoms with Gasteiger partial charge in [0.1, 0.15) is 6.61 Å². The third-order valence-electron chi connectivity index (χ3n) is 3.34. The Morgan fingerprint density at radius 1 is 0.960 bits per heavy atom. The molecule has 0 saturated carbocycles. The first-order valence-electron chi connectivity index (χ1n) is 7.52. The van der Waals surface area contributed by atoms with Gasteiger partial charge in [0, 0.05) is 17.7 Å². The number of rotatable bonds is 6. The minimum absolute atomic E-state index is 0.0363. The number of hydrogen-bond donors (Lipinski definition) is 1. The fourth-order valence-corrected chi connectivity index (χ4v) is 2.33. The van der Waals surface area contributed by atoms with Crippen LogP contribution in [-0.4, -0.2) is 22.3 Å². The largest absolute Gasteiger partial charge is 0.445 e. The van der Waals surface area contributed by atoms with E-state index in [2.05, 4.69) is 5.32 Å². The topological polar surface area (TPSA) is 55.4 Å². The number of aryl methyl sites for hydroxylation is 1. The highest BCUT2D eigenvalue weighted by Gasteiger charge is 2.22. The molecule has 0 atom stereocenters. The van der Waals surface area contributed by atoms with E-state index in [1.807, 2.05) is 30.3 Å². The number of nitrogens with one attached hydrogen (secondary N) is 1. The summed E-state index contributed by atoms with van der Waals surface area (Å²) in [4.78, 5) is 24.0. The molecule has 0 aliphatic rings. The standard InChI is InChI=1S/C18H16Cl3NO3/c19-18(20,21)12-25-17(24)22-15-9-5-4-6-13(15)10-11-16(23)14-7-2-1-3-8-14/h1-9H,10-12H2,(H,22,24). The van der Waals surface area contributed by atoms with Crippen molar-refractivity contribution in [2.24, 2.45) is 0 Å². The van der Waals surface area contributed by atoms with Gasteiger partial charge in [-0.2, -0.15) is 0 Å². The fourth-order valence-electron chi connectivity index (χ4n) is 2.17. The van der Waals surface area contributed by atoms with E-state index >= 15 is 0 Å². The van der Waals surface area contributed by atoms with Crippen molar-refractivity contribution in [3.05, 3.63) is 65.7 Å². The van der Waals surface area contributed by atoms with E-state index in [9.17, 15) is 9.59 Å². The van der Waals surface area contributed by atoms with Crippen molar-refractivity contribution >= 4 is 52.4 Å². The smallest absolute Gasteiger partial charge is 0.411 e. The van der Waals surface area contributed by atoms with Gasteiger partial charge in [0.25, 0.3) is 0 Å². The van der Waals surface area contributed by atoms with E-state index in [0.29, 0.717) is 24.1 Å². The lowest BCUT2D eigenvalue weighted by molar-refractivity contribution is 0.0983. The Hall–Kier alpha value is -1.75. The number of halogens is 3. The molecule has 4 nitrogen and oxygen atoms in total. The van der Waals surface area contributed by atoms with Gasteiger partial charge in [-0.15, -0.1) is 0 Å². The molecule has 0 unspecified atom stereocenters. The average Bonchev–Trinajstić information content (AvgIpc) is 2.59. The molecule has 0 fully saturated rings. The summed E-state index contributed by atoms with van der Waals surface area (Å²) >= 11 is 16.6. The summed E-state index contributed by atoms with van der Waals surface area (Å²) in [6, 6.07) is 16.2. The number of amides is 1. The van der Waals surface area contributed by atoms with Gasteiger partial charge in [-0.3, -0.25) is 10.1 Å². The van der Waals surface area contributed by atoms with Crippen LogP contribution in [0.4, 0.5) is 10.5 Å². The van der Waals surface area contributed by atoms with Crippen molar-refractivity contribution in [2.45, 2.75) is 16.6 Å². The molecule has 2 aromatic carbocycles. The zero-order chi connectivity index (χ0) is 18.3. The molecule has 0 radical (unpaired) electrons. The first-order chi connectivity index (χ1) is 11.8. The van der Waals surface area contributed by atoms with Crippen molar-refractivity contribution in [2.75, 3.05) is 11.9 Å². The van der Waals surface area contributed by atoms with Gasteiger partial charge in [-0.1, -0.05) is 83.3 Å². The van der Waals surface area contributed by atoms with Crippen LogP contribution in [0.15, 0.2) is 54.6 Å². The Morgan fingerprint density at radius 3 is 2.28 bits per heavy atom. The second kappa shape index (κ2) is 9.09. The Kier molecular flexibility index (Phi) is 7.12. The number of anilines is 1. The maximum absolute atomic E-state index is 12.2. The second-order valence-corrected chi connectivity index (χ2v) is 7.78. The number of ketones is 1. The summed E-state index contributed by atoms with van der Waals surface area (Å²) < 4.78 is 3.18. The molecule has 0 aromatic heterocycles. The summed E-state index contributed by atoms with van der Waals surface area (Å²) in [5.74, 6) is 0.0363. The van der Waals surface area contributed by atoms with Gasteiger partial charge >= 0.3 is 6.09 Å². The summed E-state index contributed by atoms with van der Waals surface area (Å²) in [5.41, 5.74) is 2.03. The summed E-state index contributed by atoms with van der Waals surface area (Å²) in [5, 5.41) is 2.60. The predicted octanol–water partition coefficient (Wildman–Crippen LogP) is 5.42. The molecule has 132 valence electrons. The summed E-state index contributed by atoms with van der Waals surface area (Å²) in [6.45, 7) is -0.363. The van der Waals surface area contributed by atoms with Gasteiger partial charge in [-0.05, 0) is 18.1 Å². The number of Topliss-reactive ketones (excluding diaryl/α,β-unsaturated/α-hetero) is 1. The molecular weight excluding hydrogens is 385 g/mol.